The molecule has 0 saturated carbocycles. The molecule has 0 unspecified atom stereocenters. The van der Waals surface area contributed by atoms with Gasteiger partial charge in [-0.05, 0) is 53.6 Å². The molecule has 0 bridgehead atoms. The molecule has 0 aliphatic heterocycles. The van der Waals surface area contributed by atoms with Gasteiger partial charge < -0.3 is 14.5 Å². The number of furan rings is 1. The van der Waals surface area contributed by atoms with Crippen LogP contribution in [0.15, 0.2) is 88.0 Å². The molecule has 0 spiro atoms. The third kappa shape index (κ3) is 5.39. The highest BCUT2D eigenvalue weighted by atomic mass is 79.9. The topological polar surface area (TPSA) is 69.3 Å². The van der Waals surface area contributed by atoms with Gasteiger partial charge in [0.25, 0.3) is 5.91 Å². The first kappa shape index (κ1) is 20.0. The van der Waals surface area contributed by atoms with Crippen molar-refractivity contribution in [2.24, 2.45) is 0 Å². The number of hydrogen-bond donors (Lipinski definition) is 1. The second-order valence-electron chi connectivity index (χ2n) is 6.71. The Morgan fingerprint density at radius 1 is 1.07 bits per heavy atom. The quantitative estimate of drug-likeness (QED) is 0.405. The SMILES string of the molecule is O=C(NCc1cccc(Cn2cccn2)c1)c1ccc(COc2ccc(Br)cc2)o1. The molecule has 4 rings (SSSR count). The molecule has 1 N–H and O–H groups in total. The number of nitrogens with one attached hydrogen (secondary N) is 1. The highest BCUT2D eigenvalue weighted by molar-refractivity contribution is 9.10. The molecule has 0 aliphatic carbocycles. The van der Waals surface area contributed by atoms with E-state index in [1.807, 2.05) is 59.4 Å². The molecule has 0 saturated heterocycles. The predicted octanol–water partition coefficient (Wildman–Crippen LogP) is 4.80. The largest absolute Gasteiger partial charge is 0.486 e. The number of nitrogens with zero attached hydrogens (tertiary/aromatic N) is 2. The molecule has 7 heteroatoms. The number of benzene rings is 2. The molecule has 2 heterocycles. The van der Waals surface area contributed by atoms with Gasteiger partial charge in [0.1, 0.15) is 18.1 Å². The van der Waals surface area contributed by atoms with E-state index >= 15 is 0 Å². The van der Waals surface area contributed by atoms with Gasteiger partial charge in [0, 0.05) is 23.4 Å². The molecular formula is C23H20BrN3O3. The van der Waals surface area contributed by atoms with Crippen molar-refractivity contribution >= 4 is 21.8 Å². The van der Waals surface area contributed by atoms with Crippen molar-refractivity contribution in [1.29, 1.82) is 0 Å². The van der Waals surface area contributed by atoms with Gasteiger partial charge in [-0.2, -0.15) is 5.10 Å². The Bertz CT molecular complexity index is 1100. The fourth-order valence-electron chi connectivity index (χ4n) is 2.95. The summed E-state index contributed by atoms with van der Waals surface area (Å²) >= 11 is 3.39. The Morgan fingerprint density at radius 3 is 2.70 bits per heavy atom. The van der Waals surface area contributed by atoms with E-state index in [4.69, 9.17) is 9.15 Å². The Labute approximate surface area is 182 Å². The minimum Gasteiger partial charge on any atom is -0.486 e. The number of aromatic nitrogens is 2. The van der Waals surface area contributed by atoms with Gasteiger partial charge in [-0.15, -0.1) is 0 Å². The monoisotopic (exact) mass is 465 g/mol. The first-order valence-electron chi connectivity index (χ1n) is 9.46. The second kappa shape index (κ2) is 9.45. The molecule has 30 heavy (non-hydrogen) atoms. The highest BCUT2D eigenvalue weighted by Gasteiger charge is 2.11. The van der Waals surface area contributed by atoms with Crippen molar-refractivity contribution in [3.8, 4) is 5.75 Å². The smallest absolute Gasteiger partial charge is 0.287 e. The van der Waals surface area contributed by atoms with Crippen molar-refractivity contribution < 1.29 is 13.9 Å². The van der Waals surface area contributed by atoms with Crippen LogP contribution in [0.1, 0.15) is 27.4 Å². The summed E-state index contributed by atoms with van der Waals surface area (Å²) in [6.07, 6.45) is 3.68. The lowest BCUT2D eigenvalue weighted by atomic mass is 10.1. The van der Waals surface area contributed by atoms with Crippen LogP contribution in [-0.2, 0) is 19.7 Å². The maximum Gasteiger partial charge on any atom is 0.287 e. The molecule has 4 aromatic rings. The maximum atomic E-state index is 12.4. The summed E-state index contributed by atoms with van der Waals surface area (Å²) in [6.45, 7) is 1.36. The number of amides is 1. The standard InChI is InChI=1S/C23H20BrN3O3/c24-19-5-7-20(8-6-19)29-16-21-9-10-22(30-21)23(28)25-14-17-3-1-4-18(13-17)15-27-12-2-11-26-27/h1-13H,14-16H2,(H,25,28). The molecule has 1 amide bonds. The molecule has 6 nitrogen and oxygen atoms in total. The number of halogens is 1. The Hall–Kier alpha value is -3.32. The van der Waals surface area contributed by atoms with Crippen LogP contribution < -0.4 is 10.1 Å². The van der Waals surface area contributed by atoms with Crippen LogP contribution in [0.3, 0.4) is 0 Å². The summed E-state index contributed by atoms with van der Waals surface area (Å²) in [5.74, 6) is 1.32. The average molecular weight is 466 g/mol. The minimum absolute atomic E-state index is 0.254. The first-order chi connectivity index (χ1) is 14.7. The predicted molar refractivity (Wildman–Crippen MR) is 116 cm³/mol. The lowest BCUT2D eigenvalue weighted by molar-refractivity contribution is 0.0919. The fourth-order valence-corrected chi connectivity index (χ4v) is 3.22. The second-order valence-corrected chi connectivity index (χ2v) is 7.63. The average Bonchev–Trinajstić information content (AvgIpc) is 3.44. The van der Waals surface area contributed by atoms with Crippen molar-refractivity contribution in [2.45, 2.75) is 19.7 Å². The van der Waals surface area contributed by atoms with E-state index < -0.39 is 0 Å². The number of rotatable bonds is 8. The zero-order chi connectivity index (χ0) is 20.8. The van der Waals surface area contributed by atoms with Gasteiger partial charge in [-0.3, -0.25) is 9.48 Å². The van der Waals surface area contributed by atoms with Gasteiger partial charge in [-0.25, -0.2) is 0 Å². The van der Waals surface area contributed by atoms with Crippen molar-refractivity contribution in [2.75, 3.05) is 0 Å². The van der Waals surface area contributed by atoms with Crippen LogP contribution in [0.4, 0.5) is 0 Å². The van der Waals surface area contributed by atoms with Crippen molar-refractivity contribution in [3.05, 3.63) is 106 Å². The van der Waals surface area contributed by atoms with E-state index in [1.54, 1.807) is 18.3 Å². The minimum atomic E-state index is -0.262. The molecule has 0 fully saturated rings. The van der Waals surface area contributed by atoms with Crippen LogP contribution in [0.5, 0.6) is 5.75 Å². The zero-order valence-electron chi connectivity index (χ0n) is 16.1. The number of carbonyl (C=O) groups is 1. The molecule has 2 aromatic heterocycles. The maximum absolute atomic E-state index is 12.4. The molecule has 0 atom stereocenters. The van der Waals surface area contributed by atoms with E-state index in [2.05, 4.69) is 32.4 Å². The van der Waals surface area contributed by atoms with Crippen LogP contribution in [0, 0.1) is 0 Å². The lowest BCUT2D eigenvalue weighted by Gasteiger charge is -2.07. The summed E-state index contributed by atoms with van der Waals surface area (Å²) in [7, 11) is 0. The van der Waals surface area contributed by atoms with Gasteiger partial charge in [0.15, 0.2) is 5.76 Å². The summed E-state index contributed by atoms with van der Waals surface area (Å²) < 4.78 is 14.1. The lowest BCUT2D eigenvalue weighted by Crippen LogP contribution is -2.22. The van der Waals surface area contributed by atoms with Gasteiger partial charge in [0.05, 0.1) is 6.54 Å². The van der Waals surface area contributed by atoms with Gasteiger partial charge in [0.2, 0.25) is 0 Å². The summed E-state index contributed by atoms with van der Waals surface area (Å²) in [4.78, 5) is 12.4. The van der Waals surface area contributed by atoms with E-state index in [0.717, 1.165) is 21.3 Å². The summed E-state index contributed by atoms with van der Waals surface area (Å²) in [5.41, 5.74) is 2.13. The van der Waals surface area contributed by atoms with Gasteiger partial charge in [-0.1, -0.05) is 40.2 Å². The third-order valence-corrected chi connectivity index (χ3v) is 4.96. The summed E-state index contributed by atoms with van der Waals surface area (Å²) in [5, 5.41) is 7.11. The molecular weight excluding hydrogens is 446 g/mol. The molecule has 0 radical (unpaired) electrons. The number of carbonyl (C=O) groups excluding carboxylic acids is 1. The fraction of sp³-hybridized carbons (Fsp3) is 0.130. The zero-order valence-corrected chi connectivity index (χ0v) is 17.7. The summed E-state index contributed by atoms with van der Waals surface area (Å²) in [6, 6.07) is 20.9. The Morgan fingerprint density at radius 2 is 1.90 bits per heavy atom. The normalized spacial score (nSPS) is 10.7. The van der Waals surface area contributed by atoms with Gasteiger partial charge >= 0.3 is 0 Å². The number of ether oxygens (including phenoxy) is 1. The van der Waals surface area contributed by atoms with Crippen molar-refractivity contribution in [1.82, 2.24) is 15.1 Å². The molecule has 2 aromatic carbocycles. The van der Waals surface area contributed by atoms with E-state index in [0.29, 0.717) is 18.8 Å². The van der Waals surface area contributed by atoms with Crippen LogP contribution in [0.2, 0.25) is 0 Å². The van der Waals surface area contributed by atoms with E-state index in [-0.39, 0.29) is 18.3 Å². The Kier molecular flexibility index (Phi) is 6.29. The van der Waals surface area contributed by atoms with Crippen LogP contribution >= 0.6 is 15.9 Å². The molecule has 0 aliphatic rings. The van der Waals surface area contributed by atoms with Crippen LogP contribution in [0.25, 0.3) is 0 Å². The highest BCUT2D eigenvalue weighted by Crippen LogP contribution is 2.18. The molecule has 152 valence electrons. The third-order valence-electron chi connectivity index (χ3n) is 4.43. The van der Waals surface area contributed by atoms with E-state index in [1.165, 1.54) is 0 Å². The Balaban J connectivity index is 1.29. The van der Waals surface area contributed by atoms with Crippen molar-refractivity contribution in [3.63, 3.8) is 0 Å². The van der Waals surface area contributed by atoms with E-state index in [9.17, 15) is 4.79 Å². The first-order valence-corrected chi connectivity index (χ1v) is 10.3. The van der Waals surface area contributed by atoms with Crippen LogP contribution in [-0.4, -0.2) is 15.7 Å². The number of hydrogen-bond acceptors (Lipinski definition) is 4.